The van der Waals surface area contributed by atoms with Crippen LogP contribution in [0.4, 0.5) is 0 Å². The van der Waals surface area contributed by atoms with E-state index in [1.54, 1.807) is 6.92 Å². The fourth-order valence-electron chi connectivity index (χ4n) is 2.87. The van der Waals surface area contributed by atoms with E-state index < -0.39 is 21.7 Å². The zero-order valence-electron chi connectivity index (χ0n) is 15.3. The van der Waals surface area contributed by atoms with Gasteiger partial charge >= 0.3 is 0 Å². The summed E-state index contributed by atoms with van der Waals surface area (Å²) in [5, 5.41) is 11.1. The van der Waals surface area contributed by atoms with Gasteiger partial charge in [-0.3, -0.25) is 9.59 Å². The van der Waals surface area contributed by atoms with Gasteiger partial charge in [-0.2, -0.15) is 4.80 Å². The molecule has 0 amide bonds. The number of carbonyl (C=O) groups is 2. The average Bonchev–Trinajstić information content (AvgIpc) is 3.36. The van der Waals surface area contributed by atoms with Crippen molar-refractivity contribution in [2.75, 3.05) is 12.9 Å². The van der Waals surface area contributed by atoms with Gasteiger partial charge in [0.15, 0.2) is 28.1 Å². The number of halogens is 1. The van der Waals surface area contributed by atoms with Crippen LogP contribution in [0.3, 0.4) is 0 Å². The minimum Gasteiger partial charge on any atom is -0.362 e. The molecule has 2 aromatic rings. The van der Waals surface area contributed by atoms with Gasteiger partial charge in [0.05, 0.1) is 16.5 Å². The zero-order chi connectivity index (χ0) is 20.5. The van der Waals surface area contributed by atoms with Crippen molar-refractivity contribution < 1.29 is 22.7 Å². The van der Waals surface area contributed by atoms with Crippen LogP contribution in [0.1, 0.15) is 35.7 Å². The van der Waals surface area contributed by atoms with Crippen LogP contribution in [0.25, 0.3) is 0 Å². The lowest BCUT2D eigenvalue weighted by Gasteiger charge is -2.18. The first-order valence-electron chi connectivity index (χ1n) is 8.65. The molecule has 1 aromatic carbocycles. The summed E-state index contributed by atoms with van der Waals surface area (Å²) >= 11 is 6.43. The summed E-state index contributed by atoms with van der Waals surface area (Å²) < 4.78 is 29.7. The van der Waals surface area contributed by atoms with E-state index in [4.69, 9.17) is 16.3 Å². The van der Waals surface area contributed by atoms with Gasteiger partial charge in [0.1, 0.15) is 0 Å². The second-order valence-corrected chi connectivity index (χ2v) is 8.88. The Morgan fingerprint density at radius 2 is 2.07 bits per heavy atom. The second-order valence-electron chi connectivity index (χ2n) is 6.52. The average molecular weight is 427 g/mol. The van der Waals surface area contributed by atoms with Crippen LogP contribution in [-0.4, -0.2) is 59.2 Å². The van der Waals surface area contributed by atoms with Crippen LogP contribution in [0.2, 0.25) is 5.02 Å². The molecule has 1 aromatic heterocycles. The third kappa shape index (κ3) is 4.29. The third-order valence-electron chi connectivity index (χ3n) is 4.37. The minimum absolute atomic E-state index is 0.0247. The lowest BCUT2D eigenvalue weighted by Crippen LogP contribution is -2.34. The number of hydrogen-bond acceptors (Lipinski definition) is 8. The predicted octanol–water partition coefficient (Wildman–Crippen LogP) is 1.35. The van der Waals surface area contributed by atoms with Gasteiger partial charge in [0.2, 0.25) is 5.78 Å². The number of rotatable bonds is 9. The SMILES string of the molecule is CCOC(C(=O)c1ccc(S(C)(=O)=O)c(Cn2ncnn2)c1Cl)C(=O)C1CC1. The first-order chi connectivity index (χ1) is 13.2. The Balaban J connectivity index is 2.05. The molecule has 0 saturated heterocycles. The van der Waals surface area contributed by atoms with Crippen LogP contribution < -0.4 is 0 Å². The highest BCUT2D eigenvalue weighted by Gasteiger charge is 2.40. The molecule has 1 saturated carbocycles. The molecular weight excluding hydrogens is 408 g/mol. The van der Waals surface area contributed by atoms with Crippen molar-refractivity contribution in [2.24, 2.45) is 5.92 Å². The molecule has 1 heterocycles. The maximum absolute atomic E-state index is 13.0. The number of ether oxygens (including phenoxy) is 1. The van der Waals surface area contributed by atoms with Crippen molar-refractivity contribution >= 4 is 33.0 Å². The highest BCUT2D eigenvalue weighted by molar-refractivity contribution is 7.90. The number of nitrogens with zero attached hydrogens (tertiary/aromatic N) is 4. The van der Waals surface area contributed by atoms with Gasteiger partial charge in [-0.05, 0) is 37.1 Å². The van der Waals surface area contributed by atoms with Gasteiger partial charge < -0.3 is 4.74 Å². The first kappa shape index (κ1) is 20.6. The molecule has 0 aliphatic heterocycles. The molecule has 1 unspecified atom stereocenters. The van der Waals surface area contributed by atoms with Crippen LogP contribution in [0.15, 0.2) is 23.4 Å². The number of sulfone groups is 1. The molecule has 9 nitrogen and oxygen atoms in total. The standard InChI is InChI=1S/C17H19ClN4O5S/c1-3-27-17(15(23)10-4-5-10)16(24)11-6-7-13(28(2,25)26)12(14(11)18)8-22-20-9-19-21-22/h6-7,9-10,17H,3-5,8H2,1-2H3. The van der Waals surface area contributed by atoms with Gasteiger partial charge in [-0.25, -0.2) is 8.42 Å². The summed E-state index contributed by atoms with van der Waals surface area (Å²) in [6.45, 7) is 1.78. The topological polar surface area (TPSA) is 121 Å². The molecule has 0 spiro atoms. The lowest BCUT2D eigenvalue weighted by atomic mass is 9.98. The summed E-state index contributed by atoms with van der Waals surface area (Å²) in [6, 6.07) is 2.61. The molecule has 0 radical (unpaired) electrons. The molecule has 11 heteroatoms. The van der Waals surface area contributed by atoms with E-state index in [9.17, 15) is 18.0 Å². The van der Waals surface area contributed by atoms with Gasteiger partial charge in [-0.1, -0.05) is 11.6 Å². The molecule has 1 aliphatic rings. The molecule has 1 aliphatic carbocycles. The number of benzene rings is 1. The van der Waals surface area contributed by atoms with Crippen LogP contribution >= 0.6 is 11.6 Å². The number of carbonyl (C=O) groups excluding carboxylic acids is 2. The molecule has 0 N–H and O–H groups in total. The molecule has 150 valence electrons. The molecule has 1 atom stereocenters. The number of hydrogen-bond donors (Lipinski definition) is 0. The Morgan fingerprint density at radius 3 is 2.61 bits per heavy atom. The Kier molecular flexibility index (Phi) is 5.92. The minimum atomic E-state index is -3.64. The maximum Gasteiger partial charge on any atom is 0.200 e. The summed E-state index contributed by atoms with van der Waals surface area (Å²) in [7, 11) is -3.64. The zero-order valence-corrected chi connectivity index (χ0v) is 16.9. The molecule has 1 fully saturated rings. The molecular formula is C17H19ClN4O5S. The Bertz CT molecular complexity index is 1000. The van der Waals surface area contributed by atoms with Gasteiger partial charge in [0.25, 0.3) is 0 Å². The lowest BCUT2D eigenvalue weighted by molar-refractivity contribution is -0.128. The Hall–Kier alpha value is -2.17. The normalized spacial score (nSPS) is 15.4. The van der Waals surface area contributed by atoms with Gasteiger partial charge in [-0.15, -0.1) is 10.2 Å². The maximum atomic E-state index is 13.0. The van der Waals surface area contributed by atoms with E-state index in [0.29, 0.717) is 0 Å². The van der Waals surface area contributed by atoms with E-state index in [1.165, 1.54) is 18.5 Å². The second kappa shape index (κ2) is 8.06. The smallest absolute Gasteiger partial charge is 0.200 e. The number of aromatic nitrogens is 4. The van der Waals surface area contributed by atoms with Crippen LogP contribution in [0.5, 0.6) is 0 Å². The Labute approximate surface area is 166 Å². The molecule has 0 bridgehead atoms. The number of Topliss-reactive ketones (excluding diaryl/α,β-unsaturated/α-hetero) is 2. The quantitative estimate of drug-likeness (QED) is 0.435. The molecule has 3 rings (SSSR count). The highest BCUT2D eigenvalue weighted by atomic mass is 35.5. The summed E-state index contributed by atoms with van der Waals surface area (Å²) in [6.07, 6.45) is 2.45. The van der Waals surface area contributed by atoms with Crippen LogP contribution in [-0.2, 0) is 25.9 Å². The third-order valence-corrected chi connectivity index (χ3v) is 5.98. The van der Waals surface area contributed by atoms with Crippen molar-refractivity contribution in [3.8, 4) is 0 Å². The van der Waals surface area contributed by atoms with E-state index in [2.05, 4.69) is 15.4 Å². The predicted molar refractivity (Wildman–Crippen MR) is 99.0 cm³/mol. The summed E-state index contributed by atoms with van der Waals surface area (Å²) in [5.74, 6) is -1.03. The molecule has 28 heavy (non-hydrogen) atoms. The number of tetrazole rings is 1. The highest BCUT2D eigenvalue weighted by Crippen LogP contribution is 2.34. The van der Waals surface area contributed by atoms with Gasteiger partial charge in [0, 0.05) is 29.9 Å². The van der Waals surface area contributed by atoms with Crippen molar-refractivity contribution in [1.82, 2.24) is 20.2 Å². The Morgan fingerprint density at radius 1 is 1.36 bits per heavy atom. The van der Waals surface area contributed by atoms with E-state index in [-0.39, 0.29) is 45.9 Å². The van der Waals surface area contributed by atoms with Crippen molar-refractivity contribution in [2.45, 2.75) is 37.3 Å². The number of ketones is 2. The fraction of sp³-hybridized carbons (Fsp3) is 0.471. The van der Waals surface area contributed by atoms with E-state index in [0.717, 1.165) is 23.9 Å². The summed E-state index contributed by atoms with van der Waals surface area (Å²) in [5.41, 5.74) is 0.179. The van der Waals surface area contributed by atoms with Crippen molar-refractivity contribution in [1.29, 1.82) is 0 Å². The van der Waals surface area contributed by atoms with E-state index >= 15 is 0 Å². The van der Waals surface area contributed by atoms with Crippen LogP contribution in [0, 0.1) is 5.92 Å². The van der Waals surface area contributed by atoms with Crippen molar-refractivity contribution in [3.63, 3.8) is 0 Å². The van der Waals surface area contributed by atoms with Crippen molar-refractivity contribution in [3.05, 3.63) is 34.6 Å². The monoisotopic (exact) mass is 426 g/mol. The first-order valence-corrected chi connectivity index (χ1v) is 10.9. The van der Waals surface area contributed by atoms with E-state index in [1.807, 2.05) is 0 Å². The fourth-order valence-corrected chi connectivity index (χ4v) is 4.17. The summed E-state index contributed by atoms with van der Waals surface area (Å²) in [4.78, 5) is 26.6. The largest absolute Gasteiger partial charge is 0.362 e.